The fourth-order valence-electron chi connectivity index (χ4n) is 2.09. The molecule has 0 fully saturated rings. The molecule has 0 spiro atoms. The summed E-state index contributed by atoms with van der Waals surface area (Å²) in [6, 6.07) is -2.44. The zero-order valence-electron chi connectivity index (χ0n) is 15.4. The van der Waals surface area contributed by atoms with E-state index in [0.29, 0.717) is 25.0 Å². The third-order valence-corrected chi connectivity index (χ3v) is 5.28. The molecule has 0 saturated carbocycles. The minimum Gasteiger partial charge on any atom is -0.480 e. The Bertz CT molecular complexity index is 438. The van der Waals surface area contributed by atoms with Gasteiger partial charge in [-0.1, -0.05) is 20.3 Å². The van der Waals surface area contributed by atoms with Gasteiger partial charge < -0.3 is 21.5 Å². The number of amides is 2. The Morgan fingerprint density at radius 2 is 1.60 bits per heavy atom. The number of carboxylic acids is 1. The average molecular weight is 394 g/mol. The number of nitrogens with two attached hydrogens (primary N) is 1. The number of carbonyl (C=O) groups is 3. The Hall–Kier alpha value is -0.930. The van der Waals surface area contributed by atoms with Crippen molar-refractivity contribution in [2.24, 2.45) is 11.7 Å². The van der Waals surface area contributed by atoms with Crippen LogP contribution in [-0.4, -0.2) is 65.0 Å². The van der Waals surface area contributed by atoms with Gasteiger partial charge in [0.25, 0.3) is 0 Å². The van der Waals surface area contributed by atoms with E-state index in [0.717, 1.165) is 5.75 Å². The van der Waals surface area contributed by atoms with E-state index in [4.69, 9.17) is 5.73 Å². The van der Waals surface area contributed by atoms with E-state index in [1.54, 1.807) is 11.8 Å². The number of hydrogen-bond acceptors (Lipinski definition) is 6. The summed E-state index contributed by atoms with van der Waals surface area (Å²) < 4.78 is 0. The molecule has 0 aromatic heterocycles. The van der Waals surface area contributed by atoms with Crippen molar-refractivity contribution in [3.8, 4) is 0 Å². The smallest absolute Gasteiger partial charge is 0.326 e. The number of carboxylic acid groups (broad SMARTS) is 1. The first-order valence-electron chi connectivity index (χ1n) is 8.35. The first kappa shape index (κ1) is 24.1. The molecule has 0 aromatic rings. The Labute approximate surface area is 158 Å². The van der Waals surface area contributed by atoms with Crippen molar-refractivity contribution >= 4 is 41.3 Å². The summed E-state index contributed by atoms with van der Waals surface area (Å²) in [7, 11) is 0. The Balaban J connectivity index is 4.97. The van der Waals surface area contributed by atoms with Gasteiger partial charge in [-0.05, 0) is 42.8 Å². The minimum absolute atomic E-state index is 0.133. The minimum atomic E-state index is -1.08. The summed E-state index contributed by atoms with van der Waals surface area (Å²) in [6.07, 6.45) is 5.32. The number of thioether (sulfide) groups is 2. The van der Waals surface area contributed by atoms with E-state index in [2.05, 4.69) is 10.6 Å². The topological polar surface area (TPSA) is 122 Å². The van der Waals surface area contributed by atoms with Gasteiger partial charge in [0.2, 0.25) is 11.8 Å². The summed E-state index contributed by atoms with van der Waals surface area (Å²) in [5.74, 6) is -0.694. The van der Waals surface area contributed by atoms with Gasteiger partial charge in [-0.25, -0.2) is 4.79 Å². The zero-order valence-corrected chi connectivity index (χ0v) is 17.0. The van der Waals surface area contributed by atoms with E-state index in [-0.39, 0.29) is 11.8 Å². The normalized spacial score (nSPS) is 15.7. The summed E-state index contributed by atoms with van der Waals surface area (Å²) in [4.78, 5) is 36.1. The summed E-state index contributed by atoms with van der Waals surface area (Å²) in [6.45, 7) is 3.75. The Morgan fingerprint density at radius 3 is 2.08 bits per heavy atom. The molecule has 0 unspecified atom stereocenters. The Kier molecular flexibility index (Phi) is 12.8. The molecule has 4 atom stereocenters. The van der Waals surface area contributed by atoms with Crippen LogP contribution in [0.2, 0.25) is 0 Å². The van der Waals surface area contributed by atoms with E-state index in [1.165, 1.54) is 11.8 Å². The van der Waals surface area contributed by atoms with Gasteiger partial charge in [0.1, 0.15) is 12.1 Å². The van der Waals surface area contributed by atoms with Crippen LogP contribution in [0.3, 0.4) is 0 Å². The van der Waals surface area contributed by atoms with Gasteiger partial charge in [-0.3, -0.25) is 9.59 Å². The molecule has 7 nitrogen and oxygen atoms in total. The molecule has 0 aromatic carbocycles. The van der Waals surface area contributed by atoms with Gasteiger partial charge in [-0.15, -0.1) is 0 Å². The lowest BCUT2D eigenvalue weighted by Gasteiger charge is -2.26. The van der Waals surface area contributed by atoms with Crippen molar-refractivity contribution in [3.63, 3.8) is 0 Å². The first-order valence-corrected chi connectivity index (χ1v) is 11.1. The highest BCUT2D eigenvalue weighted by Crippen LogP contribution is 2.10. The molecule has 0 aliphatic heterocycles. The molecular formula is C16H31N3O4S2. The van der Waals surface area contributed by atoms with Gasteiger partial charge >= 0.3 is 5.97 Å². The molecule has 0 aliphatic rings. The number of aliphatic carboxylic acids is 1. The maximum atomic E-state index is 12.6. The molecule has 0 bridgehead atoms. The first-order chi connectivity index (χ1) is 11.8. The molecule has 2 amide bonds. The van der Waals surface area contributed by atoms with Crippen LogP contribution in [0.4, 0.5) is 0 Å². The van der Waals surface area contributed by atoms with Crippen molar-refractivity contribution in [2.75, 3.05) is 24.0 Å². The fraction of sp³-hybridized carbons (Fsp3) is 0.812. The third-order valence-electron chi connectivity index (χ3n) is 3.99. The van der Waals surface area contributed by atoms with Crippen molar-refractivity contribution < 1.29 is 19.5 Å². The molecular weight excluding hydrogens is 362 g/mol. The molecule has 9 heteroatoms. The largest absolute Gasteiger partial charge is 0.480 e. The second-order valence-electron chi connectivity index (χ2n) is 5.94. The molecule has 146 valence electrons. The van der Waals surface area contributed by atoms with Gasteiger partial charge in [-0.2, -0.15) is 23.5 Å². The average Bonchev–Trinajstić information content (AvgIpc) is 2.59. The van der Waals surface area contributed by atoms with Crippen LogP contribution in [0.1, 0.15) is 33.1 Å². The van der Waals surface area contributed by atoms with Crippen LogP contribution in [0.5, 0.6) is 0 Å². The van der Waals surface area contributed by atoms with Crippen molar-refractivity contribution in [2.45, 2.75) is 51.2 Å². The number of hydrogen-bond donors (Lipinski definition) is 4. The molecule has 0 aliphatic carbocycles. The van der Waals surface area contributed by atoms with Crippen molar-refractivity contribution in [1.82, 2.24) is 10.6 Å². The summed E-state index contributed by atoms with van der Waals surface area (Å²) >= 11 is 3.11. The lowest BCUT2D eigenvalue weighted by Crippen LogP contribution is -2.56. The maximum Gasteiger partial charge on any atom is 0.326 e. The second kappa shape index (κ2) is 13.3. The standard InChI is InChI=1S/C16H31N3O4S2/c1-5-10(2)13(19-14(20)11(17)6-8-24-3)15(21)18-12(16(22)23)7-9-25-4/h10-13H,5-9,17H2,1-4H3,(H,18,21)(H,19,20)(H,22,23)/t10-,11-,12-,13-/m0/s1. The van der Waals surface area contributed by atoms with Crippen LogP contribution in [0.25, 0.3) is 0 Å². The van der Waals surface area contributed by atoms with E-state index >= 15 is 0 Å². The SMILES string of the molecule is CC[C@H](C)[C@H](NC(=O)[C@@H](N)CCSC)C(=O)N[C@@H](CCSC)C(=O)O. The molecule has 25 heavy (non-hydrogen) atoms. The highest BCUT2D eigenvalue weighted by molar-refractivity contribution is 7.98. The monoisotopic (exact) mass is 393 g/mol. The molecule has 0 heterocycles. The predicted molar refractivity (Wildman–Crippen MR) is 105 cm³/mol. The van der Waals surface area contributed by atoms with Crippen LogP contribution in [-0.2, 0) is 14.4 Å². The summed E-state index contributed by atoms with van der Waals surface area (Å²) in [5, 5.41) is 14.5. The van der Waals surface area contributed by atoms with Crippen LogP contribution in [0.15, 0.2) is 0 Å². The third kappa shape index (κ3) is 9.37. The van der Waals surface area contributed by atoms with Crippen LogP contribution >= 0.6 is 23.5 Å². The Morgan fingerprint density at radius 1 is 1.04 bits per heavy atom. The molecule has 5 N–H and O–H groups in total. The van der Waals surface area contributed by atoms with Gasteiger partial charge in [0.15, 0.2) is 0 Å². The molecule has 0 radical (unpaired) electrons. The lowest BCUT2D eigenvalue weighted by atomic mass is 9.97. The zero-order chi connectivity index (χ0) is 19.4. The van der Waals surface area contributed by atoms with E-state index < -0.39 is 30.0 Å². The quantitative estimate of drug-likeness (QED) is 0.367. The maximum absolute atomic E-state index is 12.6. The van der Waals surface area contributed by atoms with Crippen molar-refractivity contribution in [3.05, 3.63) is 0 Å². The van der Waals surface area contributed by atoms with Crippen LogP contribution < -0.4 is 16.4 Å². The number of rotatable bonds is 13. The van der Waals surface area contributed by atoms with Gasteiger partial charge in [0.05, 0.1) is 6.04 Å². The second-order valence-corrected chi connectivity index (χ2v) is 7.91. The molecule has 0 rings (SSSR count). The van der Waals surface area contributed by atoms with Crippen LogP contribution in [0, 0.1) is 5.92 Å². The molecule has 0 saturated heterocycles. The summed E-state index contributed by atoms with van der Waals surface area (Å²) in [5.41, 5.74) is 5.85. The van der Waals surface area contributed by atoms with Gasteiger partial charge in [0, 0.05) is 0 Å². The van der Waals surface area contributed by atoms with E-state index in [9.17, 15) is 19.5 Å². The fourth-order valence-corrected chi connectivity index (χ4v) is 3.05. The number of nitrogens with one attached hydrogen (secondary N) is 2. The predicted octanol–water partition coefficient (Wildman–Crippen LogP) is 0.920. The van der Waals surface area contributed by atoms with E-state index in [1.807, 2.05) is 26.4 Å². The number of carbonyl (C=O) groups excluding carboxylic acids is 2. The lowest BCUT2D eigenvalue weighted by molar-refractivity contribution is -0.142. The van der Waals surface area contributed by atoms with Crippen molar-refractivity contribution in [1.29, 1.82) is 0 Å². The highest BCUT2D eigenvalue weighted by atomic mass is 32.2. The highest BCUT2D eigenvalue weighted by Gasteiger charge is 2.30.